The van der Waals surface area contributed by atoms with Crippen LogP contribution >= 0.6 is 0 Å². The number of carbonyl (C=O) groups excluding carboxylic acids is 5. The second-order valence-electron chi connectivity index (χ2n) is 14.0. The monoisotopic (exact) mass is 730 g/mol. The van der Waals surface area contributed by atoms with E-state index in [1.807, 2.05) is 82.3 Å². The number of nitrogens with one attached hydrogen (secondary N) is 2. The molecule has 0 aromatic heterocycles. The Labute approximate surface area is 312 Å². The first kappa shape index (κ1) is 42.0. The van der Waals surface area contributed by atoms with Crippen molar-refractivity contribution in [1.29, 1.82) is 0 Å². The molecule has 0 aliphatic heterocycles. The molecule has 0 fully saturated rings. The van der Waals surface area contributed by atoms with Crippen molar-refractivity contribution in [2.24, 2.45) is 23.3 Å². The average Bonchev–Trinajstić information content (AvgIpc) is 3.14. The van der Waals surface area contributed by atoms with Gasteiger partial charge in [-0.2, -0.15) is 0 Å². The molecule has 3 rings (SSSR count). The van der Waals surface area contributed by atoms with E-state index in [4.69, 9.17) is 20.9 Å². The first-order chi connectivity index (χ1) is 25.1. The van der Waals surface area contributed by atoms with Crippen LogP contribution in [0, 0.1) is 11.8 Å². The van der Waals surface area contributed by atoms with Crippen LogP contribution in [-0.2, 0) is 31.3 Å². The molecular formula is C40H54N6O7. The number of benzene rings is 3. The van der Waals surface area contributed by atoms with E-state index in [-0.39, 0.29) is 50.3 Å². The third kappa shape index (κ3) is 13.6. The van der Waals surface area contributed by atoms with Gasteiger partial charge in [0.2, 0.25) is 5.91 Å². The van der Waals surface area contributed by atoms with Crippen molar-refractivity contribution >= 4 is 35.6 Å². The Hall–Kier alpha value is -5.43. The maximum Gasteiger partial charge on any atom is 0.410 e. The van der Waals surface area contributed by atoms with E-state index in [1.165, 1.54) is 9.80 Å². The molecule has 2 atom stereocenters. The molecule has 13 heteroatoms. The quantitative estimate of drug-likeness (QED) is 0.117. The number of ketones is 1. The third-order valence-electron chi connectivity index (χ3n) is 8.94. The second kappa shape index (κ2) is 20.0. The summed E-state index contributed by atoms with van der Waals surface area (Å²) in [6.45, 7) is 8.06. The average molecular weight is 731 g/mol. The van der Waals surface area contributed by atoms with Crippen LogP contribution in [0.15, 0.2) is 78.9 Å². The number of likely N-dealkylation sites (N-methyl/N-ethyl adjacent to an activating group) is 2. The lowest BCUT2D eigenvalue weighted by atomic mass is 9.90. The highest BCUT2D eigenvalue weighted by Gasteiger charge is 2.28. The smallest absolute Gasteiger partial charge is 0.410 e. The standard InChI is InChI=1S/C40H54N6O7/c1-27(2)35(41)34(47)25-31(13-10-22-43-37(42)49)36(48)44-33-20-14-28(15-21-33)26-52-38(50)45(5)23-24-46(6)39(51)53-40(3,4)32-18-16-30(17-19-32)29-11-8-7-9-12-29/h7-9,11-12,14-21,27,31,35H,10,13,22-26,41H2,1-6H3,(H,44,48)(H3,42,43,49)/t31-,35+/m1/s1. The number of urea groups is 1. The Kier molecular flexibility index (Phi) is 15.8. The number of hydrogen-bond donors (Lipinski definition) is 4. The number of primary amides is 1. The summed E-state index contributed by atoms with van der Waals surface area (Å²) in [7, 11) is 3.19. The molecule has 286 valence electrons. The minimum Gasteiger partial charge on any atom is -0.445 e. The third-order valence-corrected chi connectivity index (χ3v) is 8.94. The van der Waals surface area contributed by atoms with Crippen LogP contribution in [0.1, 0.15) is 58.1 Å². The molecule has 0 saturated carbocycles. The minimum atomic E-state index is -0.878. The second-order valence-corrected chi connectivity index (χ2v) is 14.0. The molecule has 0 aliphatic rings. The van der Waals surface area contributed by atoms with Crippen LogP contribution in [0.2, 0.25) is 0 Å². The van der Waals surface area contributed by atoms with Crippen molar-refractivity contribution in [3.8, 4) is 11.1 Å². The fourth-order valence-corrected chi connectivity index (χ4v) is 5.35. The highest BCUT2D eigenvalue weighted by Crippen LogP contribution is 2.28. The van der Waals surface area contributed by atoms with Gasteiger partial charge in [0.15, 0.2) is 5.78 Å². The molecule has 13 nitrogen and oxygen atoms in total. The van der Waals surface area contributed by atoms with Crippen molar-refractivity contribution < 1.29 is 33.4 Å². The van der Waals surface area contributed by atoms with Gasteiger partial charge in [-0.25, -0.2) is 14.4 Å². The van der Waals surface area contributed by atoms with Gasteiger partial charge in [-0.3, -0.25) is 9.59 Å². The lowest BCUT2D eigenvalue weighted by Crippen LogP contribution is -2.40. The summed E-state index contributed by atoms with van der Waals surface area (Å²) in [4.78, 5) is 65.3. The van der Waals surface area contributed by atoms with E-state index in [9.17, 15) is 24.0 Å². The molecule has 0 bridgehead atoms. The summed E-state index contributed by atoms with van der Waals surface area (Å²) in [5.74, 6) is -1.27. The van der Waals surface area contributed by atoms with Gasteiger partial charge in [0.25, 0.3) is 0 Å². The van der Waals surface area contributed by atoms with E-state index in [0.29, 0.717) is 24.1 Å². The number of anilines is 1. The lowest BCUT2D eigenvalue weighted by Gasteiger charge is -2.29. The van der Waals surface area contributed by atoms with Crippen LogP contribution in [0.4, 0.5) is 20.1 Å². The fraction of sp³-hybridized carbons (Fsp3) is 0.425. The first-order valence-electron chi connectivity index (χ1n) is 17.8. The van der Waals surface area contributed by atoms with E-state index in [0.717, 1.165) is 16.7 Å². The minimum absolute atomic E-state index is 0.0103. The molecular weight excluding hydrogens is 676 g/mol. The molecule has 0 spiro atoms. The summed E-state index contributed by atoms with van der Waals surface area (Å²) in [5.41, 5.74) is 14.5. The van der Waals surface area contributed by atoms with Gasteiger partial charge in [0, 0.05) is 51.8 Å². The normalized spacial score (nSPS) is 12.3. The van der Waals surface area contributed by atoms with Crippen molar-refractivity contribution in [3.63, 3.8) is 0 Å². The van der Waals surface area contributed by atoms with Crippen molar-refractivity contribution in [1.82, 2.24) is 15.1 Å². The molecule has 0 radical (unpaired) electrons. The summed E-state index contributed by atoms with van der Waals surface area (Å²) < 4.78 is 11.3. The number of amides is 5. The van der Waals surface area contributed by atoms with E-state index >= 15 is 0 Å². The van der Waals surface area contributed by atoms with Crippen LogP contribution in [-0.4, -0.2) is 79.5 Å². The highest BCUT2D eigenvalue weighted by molar-refractivity contribution is 5.96. The van der Waals surface area contributed by atoms with Crippen LogP contribution in [0.25, 0.3) is 11.1 Å². The summed E-state index contributed by atoms with van der Waals surface area (Å²) >= 11 is 0. The Morgan fingerprint density at radius 1 is 0.811 bits per heavy atom. The maximum atomic E-state index is 13.2. The first-order valence-corrected chi connectivity index (χ1v) is 17.8. The number of rotatable bonds is 18. The molecule has 0 unspecified atom stereocenters. The van der Waals surface area contributed by atoms with Gasteiger partial charge >= 0.3 is 18.2 Å². The van der Waals surface area contributed by atoms with Crippen LogP contribution in [0.3, 0.4) is 0 Å². The number of hydrogen-bond acceptors (Lipinski definition) is 8. The summed E-state index contributed by atoms with van der Waals surface area (Å²) in [6.07, 6.45) is -0.312. The summed E-state index contributed by atoms with van der Waals surface area (Å²) in [5, 5.41) is 5.33. The Morgan fingerprint density at radius 3 is 1.98 bits per heavy atom. The van der Waals surface area contributed by atoms with E-state index in [1.54, 1.807) is 38.4 Å². The van der Waals surface area contributed by atoms with Gasteiger partial charge in [-0.15, -0.1) is 0 Å². The Balaban J connectivity index is 1.45. The zero-order chi connectivity index (χ0) is 39.1. The molecule has 0 saturated heterocycles. The SMILES string of the molecule is CC(C)[C@H](N)C(=O)C[C@@H](CCCNC(N)=O)C(=O)Nc1ccc(COC(=O)N(C)CCN(C)C(=O)OC(C)(C)c2ccc(-c3ccccc3)cc2)cc1. The van der Waals surface area contributed by atoms with E-state index < -0.39 is 35.8 Å². The summed E-state index contributed by atoms with van der Waals surface area (Å²) in [6, 6.07) is 23.4. The Morgan fingerprint density at radius 2 is 1.40 bits per heavy atom. The van der Waals surface area contributed by atoms with Gasteiger partial charge in [-0.05, 0) is 67.0 Å². The maximum absolute atomic E-state index is 13.2. The molecule has 0 aliphatic carbocycles. The van der Waals surface area contributed by atoms with Crippen LogP contribution < -0.4 is 22.1 Å². The predicted molar refractivity (Wildman–Crippen MR) is 205 cm³/mol. The molecule has 3 aromatic rings. The number of nitrogens with zero attached hydrogens (tertiary/aromatic N) is 2. The Bertz CT molecular complexity index is 1660. The van der Waals surface area contributed by atoms with Crippen LogP contribution in [0.5, 0.6) is 0 Å². The van der Waals surface area contributed by atoms with Gasteiger partial charge in [0.05, 0.1) is 6.04 Å². The molecule has 53 heavy (non-hydrogen) atoms. The number of carbonyl (C=O) groups is 5. The molecule has 3 aromatic carbocycles. The molecule has 0 heterocycles. The zero-order valence-corrected chi connectivity index (χ0v) is 31.6. The van der Waals surface area contributed by atoms with Crippen molar-refractivity contribution in [2.45, 2.75) is 65.2 Å². The molecule has 6 N–H and O–H groups in total. The molecule has 5 amide bonds. The largest absolute Gasteiger partial charge is 0.445 e. The van der Waals surface area contributed by atoms with Crippen molar-refractivity contribution in [3.05, 3.63) is 90.0 Å². The highest BCUT2D eigenvalue weighted by atomic mass is 16.6. The predicted octanol–water partition coefficient (Wildman–Crippen LogP) is 5.87. The van der Waals surface area contributed by atoms with Crippen molar-refractivity contribution in [2.75, 3.05) is 39.0 Å². The van der Waals surface area contributed by atoms with Gasteiger partial charge < -0.3 is 41.4 Å². The van der Waals surface area contributed by atoms with Gasteiger partial charge in [0.1, 0.15) is 12.2 Å². The number of nitrogens with two attached hydrogens (primary N) is 2. The van der Waals surface area contributed by atoms with E-state index in [2.05, 4.69) is 10.6 Å². The number of ether oxygens (including phenoxy) is 2. The zero-order valence-electron chi connectivity index (χ0n) is 31.6. The topological polar surface area (TPSA) is 186 Å². The number of Topliss-reactive ketones (excluding diaryl/α,β-unsaturated/α-hetero) is 1. The van der Waals surface area contributed by atoms with Gasteiger partial charge in [-0.1, -0.05) is 80.6 Å². The fourth-order valence-electron chi connectivity index (χ4n) is 5.35. The lowest BCUT2D eigenvalue weighted by molar-refractivity contribution is -0.127.